The molecule has 1 aromatic rings. The third-order valence-electron chi connectivity index (χ3n) is 4.24. The van der Waals surface area contributed by atoms with E-state index in [9.17, 15) is 4.79 Å². The largest absolute Gasteiger partial charge is 0.495 e. The first-order chi connectivity index (χ1) is 10.9. The summed E-state index contributed by atoms with van der Waals surface area (Å²) in [6.45, 7) is 3.46. The Labute approximate surface area is 146 Å². The number of nitrogens with zero attached hydrogens (tertiary/aromatic N) is 1. The van der Waals surface area contributed by atoms with Crippen molar-refractivity contribution in [1.29, 1.82) is 0 Å². The SMILES string of the molecule is CCN(CC(=O)O)C1CC(NCc2cc(Cl)cc(Cl)c2OC)C1. The molecule has 2 N–H and O–H groups in total. The molecule has 1 saturated carbocycles. The molecule has 0 atom stereocenters. The Hall–Kier alpha value is -1.01. The second-order valence-electron chi connectivity index (χ2n) is 5.74. The summed E-state index contributed by atoms with van der Waals surface area (Å²) in [5.41, 5.74) is 0.923. The van der Waals surface area contributed by atoms with E-state index in [2.05, 4.69) is 5.32 Å². The number of benzene rings is 1. The predicted octanol–water partition coefficient (Wildman–Crippen LogP) is 3.03. The Bertz CT molecular complexity index is 563. The van der Waals surface area contributed by atoms with Crippen molar-refractivity contribution >= 4 is 29.2 Å². The van der Waals surface area contributed by atoms with Gasteiger partial charge >= 0.3 is 5.97 Å². The lowest BCUT2D eigenvalue weighted by molar-refractivity contribution is -0.139. The van der Waals surface area contributed by atoms with E-state index in [4.69, 9.17) is 33.0 Å². The third-order valence-corrected chi connectivity index (χ3v) is 4.74. The van der Waals surface area contributed by atoms with Gasteiger partial charge in [-0.3, -0.25) is 9.69 Å². The van der Waals surface area contributed by atoms with Gasteiger partial charge in [0.1, 0.15) is 5.75 Å². The molecule has 128 valence electrons. The van der Waals surface area contributed by atoms with Gasteiger partial charge in [0, 0.05) is 29.2 Å². The van der Waals surface area contributed by atoms with E-state index in [-0.39, 0.29) is 6.54 Å². The lowest BCUT2D eigenvalue weighted by atomic mass is 9.85. The first kappa shape index (κ1) is 18.3. The highest BCUT2D eigenvalue weighted by molar-refractivity contribution is 6.35. The maximum Gasteiger partial charge on any atom is 0.317 e. The van der Waals surface area contributed by atoms with E-state index < -0.39 is 5.97 Å². The quantitative estimate of drug-likeness (QED) is 0.745. The topological polar surface area (TPSA) is 61.8 Å². The van der Waals surface area contributed by atoms with Crippen LogP contribution in [0.1, 0.15) is 25.3 Å². The molecule has 7 heteroatoms. The van der Waals surface area contributed by atoms with Crippen LogP contribution in [0.2, 0.25) is 10.0 Å². The number of nitrogens with one attached hydrogen (secondary N) is 1. The average molecular weight is 361 g/mol. The van der Waals surface area contributed by atoms with Crippen molar-refractivity contribution in [2.75, 3.05) is 20.2 Å². The molecule has 0 heterocycles. The molecule has 0 unspecified atom stereocenters. The van der Waals surface area contributed by atoms with Crippen LogP contribution in [0.4, 0.5) is 0 Å². The van der Waals surface area contributed by atoms with Crippen LogP contribution in [0.5, 0.6) is 5.75 Å². The molecule has 23 heavy (non-hydrogen) atoms. The maximum absolute atomic E-state index is 10.8. The summed E-state index contributed by atoms with van der Waals surface area (Å²) in [4.78, 5) is 12.8. The van der Waals surface area contributed by atoms with E-state index in [0.717, 1.165) is 24.9 Å². The van der Waals surface area contributed by atoms with Crippen molar-refractivity contribution in [1.82, 2.24) is 10.2 Å². The van der Waals surface area contributed by atoms with Gasteiger partial charge in [-0.25, -0.2) is 0 Å². The summed E-state index contributed by atoms with van der Waals surface area (Å²) < 4.78 is 5.33. The maximum atomic E-state index is 10.8. The van der Waals surface area contributed by atoms with Crippen LogP contribution in [0, 0.1) is 0 Å². The fourth-order valence-corrected chi connectivity index (χ4v) is 3.57. The van der Waals surface area contributed by atoms with Crippen molar-refractivity contribution in [3.05, 3.63) is 27.7 Å². The highest BCUT2D eigenvalue weighted by atomic mass is 35.5. The zero-order valence-corrected chi connectivity index (χ0v) is 14.8. The van der Waals surface area contributed by atoms with Crippen LogP contribution in [0.25, 0.3) is 0 Å². The number of likely N-dealkylation sites (N-methyl/N-ethyl adjacent to an activating group) is 1. The number of carboxylic acid groups (broad SMARTS) is 1. The fourth-order valence-electron chi connectivity index (χ4n) is 2.95. The van der Waals surface area contributed by atoms with Crippen molar-refractivity contribution in [3.8, 4) is 5.75 Å². The molecule has 1 aliphatic rings. The molecular formula is C16H22Cl2N2O3. The van der Waals surface area contributed by atoms with Crippen LogP contribution < -0.4 is 10.1 Å². The summed E-state index contributed by atoms with van der Waals surface area (Å²) in [6, 6.07) is 4.21. The molecule has 1 aliphatic carbocycles. The number of ether oxygens (including phenoxy) is 1. The number of carboxylic acids is 1. The Morgan fingerprint density at radius 2 is 2.13 bits per heavy atom. The molecule has 0 aromatic heterocycles. The second-order valence-corrected chi connectivity index (χ2v) is 6.58. The van der Waals surface area contributed by atoms with Crippen LogP contribution in [-0.4, -0.2) is 48.3 Å². The van der Waals surface area contributed by atoms with E-state index in [1.165, 1.54) is 0 Å². The van der Waals surface area contributed by atoms with Crippen molar-refractivity contribution in [2.24, 2.45) is 0 Å². The minimum atomic E-state index is -0.776. The van der Waals surface area contributed by atoms with Gasteiger partial charge in [-0.1, -0.05) is 30.1 Å². The fraction of sp³-hybridized carbons (Fsp3) is 0.562. The van der Waals surface area contributed by atoms with Gasteiger partial charge in [-0.15, -0.1) is 0 Å². The molecule has 0 spiro atoms. The molecule has 0 aliphatic heterocycles. The van der Waals surface area contributed by atoms with E-state index >= 15 is 0 Å². The number of carbonyl (C=O) groups is 1. The summed E-state index contributed by atoms with van der Waals surface area (Å²) in [5, 5.41) is 13.5. The lowest BCUT2D eigenvalue weighted by Crippen LogP contribution is -2.53. The molecule has 1 aromatic carbocycles. The molecule has 0 radical (unpaired) electrons. The van der Waals surface area contributed by atoms with Crippen LogP contribution >= 0.6 is 23.2 Å². The molecule has 0 saturated heterocycles. The van der Waals surface area contributed by atoms with Crippen LogP contribution in [-0.2, 0) is 11.3 Å². The highest BCUT2D eigenvalue weighted by Gasteiger charge is 2.33. The number of hydrogen-bond donors (Lipinski definition) is 2. The van der Waals surface area contributed by atoms with Gasteiger partial charge in [-0.05, 0) is 31.5 Å². The normalized spacial score (nSPS) is 20.4. The van der Waals surface area contributed by atoms with Gasteiger partial charge in [0.05, 0.1) is 18.7 Å². The second kappa shape index (κ2) is 8.20. The molecule has 5 nitrogen and oxygen atoms in total. The van der Waals surface area contributed by atoms with E-state index in [0.29, 0.717) is 34.4 Å². The number of halogens is 2. The molecule has 0 bridgehead atoms. The molecule has 1 fully saturated rings. The third kappa shape index (κ3) is 4.73. The zero-order valence-electron chi connectivity index (χ0n) is 13.3. The van der Waals surface area contributed by atoms with E-state index in [1.54, 1.807) is 13.2 Å². The Kier molecular flexibility index (Phi) is 6.53. The molecule has 2 rings (SSSR count). The number of rotatable bonds is 8. The van der Waals surface area contributed by atoms with E-state index in [1.807, 2.05) is 17.9 Å². The lowest BCUT2D eigenvalue weighted by Gasteiger charge is -2.42. The number of hydrogen-bond acceptors (Lipinski definition) is 4. The first-order valence-corrected chi connectivity index (χ1v) is 8.41. The first-order valence-electron chi connectivity index (χ1n) is 7.65. The van der Waals surface area contributed by atoms with Crippen molar-refractivity contribution in [2.45, 2.75) is 38.4 Å². The Balaban J connectivity index is 1.86. The van der Waals surface area contributed by atoms with Gasteiger partial charge in [0.15, 0.2) is 0 Å². The van der Waals surface area contributed by atoms with Crippen molar-refractivity contribution in [3.63, 3.8) is 0 Å². The summed E-state index contributed by atoms with van der Waals surface area (Å²) in [7, 11) is 1.59. The van der Waals surface area contributed by atoms with Gasteiger partial charge in [0.2, 0.25) is 0 Å². The zero-order chi connectivity index (χ0) is 17.0. The summed E-state index contributed by atoms with van der Waals surface area (Å²) in [6.07, 6.45) is 1.88. The summed E-state index contributed by atoms with van der Waals surface area (Å²) >= 11 is 12.2. The smallest absolute Gasteiger partial charge is 0.317 e. The van der Waals surface area contributed by atoms with Gasteiger partial charge in [0.25, 0.3) is 0 Å². The summed E-state index contributed by atoms with van der Waals surface area (Å²) in [5.74, 6) is -0.137. The van der Waals surface area contributed by atoms with Crippen LogP contribution in [0.15, 0.2) is 12.1 Å². The average Bonchev–Trinajstić information content (AvgIpc) is 2.43. The monoisotopic (exact) mass is 360 g/mol. The van der Waals surface area contributed by atoms with Gasteiger partial charge in [-0.2, -0.15) is 0 Å². The Morgan fingerprint density at radius 1 is 1.43 bits per heavy atom. The van der Waals surface area contributed by atoms with Gasteiger partial charge < -0.3 is 15.2 Å². The number of methoxy groups -OCH3 is 1. The van der Waals surface area contributed by atoms with Crippen molar-refractivity contribution < 1.29 is 14.6 Å². The Morgan fingerprint density at radius 3 is 2.70 bits per heavy atom. The minimum Gasteiger partial charge on any atom is -0.495 e. The predicted molar refractivity (Wildman–Crippen MR) is 91.5 cm³/mol. The minimum absolute atomic E-state index is 0.103. The molecule has 0 amide bonds. The highest BCUT2D eigenvalue weighted by Crippen LogP contribution is 2.33. The standard InChI is InChI=1S/C16H22Cl2N2O3/c1-3-20(9-15(21)22)13-6-12(7-13)19-8-10-4-11(17)5-14(18)16(10)23-2/h4-5,12-13,19H,3,6-9H2,1-2H3,(H,21,22). The molecular weight excluding hydrogens is 339 g/mol. The number of aliphatic carboxylic acids is 1. The van der Waals surface area contributed by atoms with Crippen LogP contribution in [0.3, 0.4) is 0 Å².